The van der Waals surface area contributed by atoms with E-state index < -0.39 is 24.3 Å². The number of allylic oxidation sites excluding steroid dienone is 6. The fourth-order valence-electron chi connectivity index (χ4n) is 9.74. The second-order valence-corrected chi connectivity index (χ2v) is 23.8. The number of rotatable bonds is 62. The summed E-state index contributed by atoms with van der Waals surface area (Å²) in [4.78, 5) is 37.4. The normalized spacial score (nSPS) is 12.9. The number of carboxylic acids is 1. The van der Waals surface area contributed by atoms with Gasteiger partial charge in [0.1, 0.15) is 13.2 Å². The van der Waals surface area contributed by atoms with Crippen LogP contribution in [0.3, 0.4) is 0 Å². The smallest absolute Gasteiger partial charge is 0.306 e. The van der Waals surface area contributed by atoms with Crippen molar-refractivity contribution in [2.24, 2.45) is 0 Å². The van der Waals surface area contributed by atoms with Gasteiger partial charge in [-0.1, -0.05) is 275 Å². The molecular weight excluding hydrogens is 959 g/mol. The Morgan fingerprint density at radius 2 is 0.701 bits per heavy atom. The Balaban J connectivity index is 4.04. The maximum absolute atomic E-state index is 12.9. The SMILES string of the molecule is CCCCC/C=C\C/C=C\CCCCCCCCCCCC(=O)OC(COC(=O)CCCCCCCCCCCCCCCCCCCCCCC/C=C\CCCCCCCCCC)COC(OCC[N+](C)(C)C)C(=O)[O-]. The first-order valence-corrected chi connectivity index (χ1v) is 33.1. The summed E-state index contributed by atoms with van der Waals surface area (Å²) in [6, 6.07) is 0. The summed E-state index contributed by atoms with van der Waals surface area (Å²) >= 11 is 0. The molecule has 0 aromatic heterocycles. The van der Waals surface area contributed by atoms with Gasteiger partial charge in [0, 0.05) is 12.8 Å². The van der Waals surface area contributed by atoms with E-state index in [4.69, 9.17) is 18.9 Å². The van der Waals surface area contributed by atoms with E-state index >= 15 is 0 Å². The van der Waals surface area contributed by atoms with Gasteiger partial charge < -0.3 is 33.3 Å². The predicted molar refractivity (Wildman–Crippen MR) is 325 cm³/mol. The molecule has 9 nitrogen and oxygen atoms in total. The molecular formula is C68H127NO8. The van der Waals surface area contributed by atoms with Crippen molar-refractivity contribution in [3.8, 4) is 0 Å². The van der Waals surface area contributed by atoms with Gasteiger partial charge >= 0.3 is 11.9 Å². The first kappa shape index (κ1) is 74.5. The van der Waals surface area contributed by atoms with Gasteiger partial charge in [0.25, 0.3) is 0 Å². The van der Waals surface area contributed by atoms with E-state index in [1.165, 1.54) is 238 Å². The molecule has 0 bridgehead atoms. The fourth-order valence-corrected chi connectivity index (χ4v) is 9.74. The molecule has 0 saturated heterocycles. The molecule has 2 atom stereocenters. The molecule has 0 aromatic carbocycles. The van der Waals surface area contributed by atoms with Gasteiger partial charge in [-0.25, -0.2) is 0 Å². The Bertz CT molecular complexity index is 1360. The summed E-state index contributed by atoms with van der Waals surface area (Å²) in [6.07, 6.45) is 70.8. The molecule has 0 aromatic rings. The predicted octanol–water partition coefficient (Wildman–Crippen LogP) is 18.7. The Morgan fingerprint density at radius 3 is 1.06 bits per heavy atom. The lowest BCUT2D eigenvalue weighted by Gasteiger charge is -2.26. The molecule has 0 fully saturated rings. The topological polar surface area (TPSA) is 111 Å². The van der Waals surface area contributed by atoms with Crippen LogP contribution in [-0.4, -0.2) is 82.3 Å². The summed E-state index contributed by atoms with van der Waals surface area (Å²) in [5.74, 6) is -2.27. The number of quaternary nitrogens is 1. The number of esters is 2. The van der Waals surface area contributed by atoms with Gasteiger partial charge in [-0.3, -0.25) is 9.59 Å². The van der Waals surface area contributed by atoms with E-state index in [2.05, 4.69) is 50.3 Å². The van der Waals surface area contributed by atoms with Crippen LogP contribution in [0.2, 0.25) is 0 Å². The van der Waals surface area contributed by atoms with Crippen LogP contribution >= 0.6 is 0 Å². The number of likely N-dealkylation sites (N-methyl/N-ethyl adjacent to an activating group) is 1. The van der Waals surface area contributed by atoms with E-state index in [9.17, 15) is 19.5 Å². The molecule has 2 unspecified atom stereocenters. The highest BCUT2D eigenvalue weighted by Gasteiger charge is 2.22. The number of hydrogen-bond donors (Lipinski definition) is 0. The summed E-state index contributed by atoms with van der Waals surface area (Å²) in [6.45, 7) is 4.77. The number of unbranched alkanes of at least 4 members (excludes halogenated alkanes) is 41. The standard InChI is InChI=1S/C68H127NO8/c1-6-8-10-12-14-16-18-20-22-24-26-27-28-29-30-31-32-33-34-35-36-37-38-39-41-42-44-46-48-50-52-54-56-58-65(70)75-62-64(63-76-68(67(72)73)74-61-60-69(3,4)5)77-66(71)59-57-55-53-51-49-47-45-43-40-25-23-21-19-17-15-13-11-9-7-2/h15,17,21,23-24,26,64,68H,6-14,16,18-20,22,25,27-63H2,1-5H3/b17-15-,23-21-,26-24-. The van der Waals surface area contributed by atoms with Crippen LogP contribution < -0.4 is 5.11 Å². The van der Waals surface area contributed by atoms with Crippen molar-refractivity contribution in [1.29, 1.82) is 0 Å². The zero-order valence-corrected chi connectivity index (χ0v) is 51.6. The third-order valence-corrected chi connectivity index (χ3v) is 14.9. The molecule has 9 heteroatoms. The average Bonchev–Trinajstić information content (AvgIpc) is 3.40. The quantitative estimate of drug-likeness (QED) is 0.0195. The maximum Gasteiger partial charge on any atom is 0.306 e. The molecule has 77 heavy (non-hydrogen) atoms. The molecule has 0 radical (unpaired) electrons. The highest BCUT2D eigenvalue weighted by molar-refractivity contribution is 5.70. The molecule has 0 aliphatic carbocycles. The first-order chi connectivity index (χ1) is 37.6. The lowest BCUT2D eigenvalue weighted by atomic mass is 10.0. The van der Waals surface area contributed by atoms with Crippen molar-refractivity contribution in [1.82, 2.24) is 0 Å². The largest absolute Gasteiger partial charge is 0.545 e. The van der Waals surface area contributed by atoms with Gasteiger partial charge in [0.15, 0.2) is 12.4 Å². The third kappa shape index (κ3) is 61.0. The van der Waals surface area contributed by atoms with Crippen molar-refractivity contribution in [2.75, 3.05) is 47.5 Å². The molecule has 0 N–H and O–H groups in total. The van der Waals surface area contributed by atoms with Crippen LogP contribution in [-0.2, 0) is 33.3 Å². The Labute approximate surface area is 477 Å². The van der Waals surface area contributed by atoms with Gasteiger partial charge in [0.05, 0.1) is 40.3 Å². The van der Waals surface area contributed by atoms with Crippen LogP contribution in [0.5, 0.6) is 0 Å². The summed E-state index contributed by atoms with van der Waals surface area (Å²) < 4.78 is 22.8. The minimum absolute atomic E-state index is 0.148. The average molecular weight is 1090 g/mol. The van der Waals surface area contributed by atoms with Crippen molar-refractivity contribution < 1.29 is 42.9 Å². The van der Waals surface area contributed by atoms with E-state index in [0.717, 1.165) is 51.4 Å². The molecule has 0 spiro atoms. The molecule has 0 heterocycles. The second kappa shape index (κ2) is 59.6. The minimum Gasteiger partial charge on any atom is -0.545 e. The van der Waals surface area contributed by atoms with Gasteiger partial charge in [-0.2, -0.15) is 0 Å². The van der Waals surface area contributed by atoms with Crippen LogP contribution in [0.15, 0.2) is 36.5 Å². The Kier molecular flexibility index (Phi) is 57.7. The summed E-state index contributed by atoms with van der Waals surface area (Å²) in [5, 5.41) is 11.8. The summed E-state index contributed by atoms with van der Waals surface area (Å²) in [5.41, 5.74) is 0. The summed E-state index contributed by atoms with van der Waals surface area (Å²) in [7, 11) is 5.93. The minimum atomic E-state index is -1.62. The zero-order valence-electron chi connectivity index (χ0n) is 51.6. The second-order valence-electron chi connectivity index (χ2n) is 23.8. The lowest BCUT2D eigenvalue weighted by molar-refractivity contribution is -0.870. The number of carbonyl (C=O) groups is 3. The third-order valence-electron chi connectivity index (χ3n) is 14.9. The van der Waals surface area contributed by atoms with E-state index in [1.54, 1.807) is 0 Å². The van der Waals surface area contributed by atoms with Crippen LogP contribution in [0.4, 0.5) is 0 Å². The van der Waals surface area contributed by atoms with Gasteiger partial charge in [0.2, 0.25) is 0 Å². The number of carbonyl (C=O) groups excluding carboxylic acids is 3. The molecule has 452 valence electrons. The van der Waals surface area contributed by atoms with Crippen LogP contribution in [0.25, 0.3) is 0 Å². The molecule has 0 aliphatic rings. The zero-order chi connectivity index (χ0) is 56.2. The van der Waals surface area contributed by atoms with Gasteiger partial charge in [-0.15, -0.1) is 0 Å². The Morgan fingerprint density at radius 1 is 0.390 bits per heavy atom. The highest BCUT2D eigenvalue weighted by atomic mass is 16.7. The lowest BCUT2D eigenvalue weighted by Crippen LogP contribution is -2.44. The van der Waals surface area contributed by atoms with Crippen LogP contribution in [0.1, 0.15) is 322 Å². The Hall–Kier alpha value is -2.49. The maximum atomic E-state index is 12.9. The van der Waals surface area contributed by atoms with Crippen molar-refractivity contribution in [3.05, 3.63) is 36.5 Å². The molecule has 0 saturated carbocycles. The van der Waals surface area contributed by atoms with Crippen molar-refractivity contribution in [2.45, 2.75) is 334 Å². The number of aliphatic carboxylic acids is 1. The van der Waals surface area contributed by atoms with E-state index in [1.807, 2.05) is 21.1 Å². The number of nitrogens with zero attached hydrogens (tertiary/aromatic N) is 1. The van der Waals surface area contributed by atoms with Crippen molar-refractivity contribution >= 4 is 17.9 Å². The molecule has 0 rings (SSSR count). The van der Waals surface area contributed by atoms with Crippen LogP contribution in [0, 0.1) is 0 Å². The highest BCUT2D eigenvalue weighted by Crippen LogP contribution is 2.18. The molecule has 0 amide bonds. The van der Waals surface area contributed by atoms with Gasteiger partial charge in [-0.05, 0) is 70.6 Å². The van der Waals surface area contributed by atoms with E-state index in [-0.39, 0.29) is 32.2 Å². The van der Waals surface area contributed by atoms with E-state index in [0.29, 0.717) is 23.9 Å². The number of carboxylic acid groups (broad SMARTS) is 1. The molecule has 0 aliphatic heterocycles. The first-order valence-electron chi connectivity index (χ1n) is 33.1. The number of hydrogen-bond acceptors (Lipinski definition) is 8. The number of ether oxygens (including phenoxy) is 4. The fraction of sp³-hybridized carbons (Fsp3) is 0.868. The monoisotopic (exact) mass is 1090 g/mol. The van der Waals surface area contributed by atoms with Crippen molar-refractivity contribution in [3.63, 3.8) is 0 Å².